The third-order valence-electron chi connectivity index (χ3n) is 4.56. The van der Waals surface area contributed by atoms with Gasteiger partial charge in [-0.05, 0) is 30.5 Å². The fourth-order valence-electron chi connectivity index (χ4n) is 3.05. The molecule has 1 amide bonds. The Morgan fingerprint density at radius 1 is 1.11 bits per heavy atom. The first-order valence-electron chi connectivity index (χ1n) is 9.05. The standard InChI is InChI=1S/C19H24N2O4S2/c22-17(15-7-3-1-4-8-15)14-20-18(23)13-16-9-10-19(26-16)27(24,25)21-11-5-2-6-12-21/h1,3-4,7-10,17,22H,2,5-6,11-14H2,(H,20,23). The molecule has 0 saturated carbocycles. The van der Waals surface area contributed by atoms with Gasteiger partial charge in [0.25, 0.3) is 10.0 Å². The quantitative estimate of drug-likeness (QED) is 0.736. The fourth-order valence-corrected chi connectivity index (χ4v) is 6.07. The molecule has 1 saturated heterocycles. The predicted molar refractivity (Wildman–Crippen MR) is 105 cm³/mol. The van der Waals surface area contributed by atoms with E-state index in [1.807, 2.05) is 18.2 Å². The number of sulfonamides is 1. The topological polar surface area (TPSA) is 86.7 Å². The molecule has 1 aromatic carbocycles. The SMILES string of the molecule is O=C(Cc1ccc(S(=O)(=O)N2CCCCC2)s1)NCC(O)c1ccccc1. The van der Waals surface area contributed by atoms with Crippen LogP contribution in [0, 0.1) is 0 Å². The Morgan fingerprint density at radius 3 is 2.52 bits per heavy atom. The van der Waals surface area contributed by atoms with Crippen LogP contribution >= 0.6 is 11.3 Å². The lowest BCUT2D eigenvalue weighted by molar-refractivity contribution is -0.120. The molecule has 6 nitrogen and oxygen atoms in total. The molecule has 0 radical (unpaired) electrons. The van der Waals surface area contributed by atoms with Crippen LogP contribution in [0.2, 0.25) is 0 Å². The maximum absolute atomic E-state index is 12.7. The Morgan fingerprint density at radius 2 is 1.81 bits per heavy atom. The molecule has 146 valence electrons. The normalized spacial score (nSPS) is 16.8. The molecule has 2 N–H and O–H groups in total. The number of carbonyl (C=O) groups is 1. The highest BCUT2D eigenvalue weighted by molar-refractivity contribution is 7.91. The highest BCUT2D eigenvalue weighted by Gasteiger charge is 2.27. The van der Waals surface area contributed by atoms with Gasteiger partial charge in [0.15, 0.2) is 0 Å². The van der Waals surface area contributed by atoms with E-state index < -0.39 is 16.1 Å². The second-order valence-electron chi connectivity index (χ2n) is 6.59. The number of amides is 1. The summed E-state index contributed by atoms with van der Waals surface area (Å²) in [4.78, 5) is 12.8. The number of rotatable bonds is 7. The average molecular weight is 409 g/mol. The lowest BCUT2D eigenvalue weighted by Gasteiger charge is -2.25. The highest BCUT2D eigenvalue weighted by Crippen LogP contribution is 2.27. The average Bonchev–Trinajstić information content (AvgIpc) is 3.17. The molecule has 1 unspecified atom stereocenters. The van der Waals surface area contributed by atoms with Crippen LogP contribution in [-0.4, -0.2) is 43.4 Å². The summed E-state index contributed by atoms with van der Waals surface area (Å²) in [7, 11) is -3.46. The summed E-state index contributed by atoms with van der Waals surface area (Å²) < 4.78 is 27.1. The second-order valence-corrected chi connectivity index (χ2v) is 9.93. The largest absolute Gasteiger partial charge is 0.387 e. The number of carbonyl (C=O) groups excluding carboxylic acids is 1. The van der Waals surface area contributed by atoms with E-state index in [9.17, 15) is 18.3 Å². The van der Waals surface area contributed by atoms with Crippen molar-refractivity contribution in [3.05, 3.63) is 52.9 Å². The summed E-state index contributed by atoms with van der Waals surface area (Å²) in [5.74, 6) is -0.242. The number of piperidine rings is 1. The van der Waals surface area contributed by atoms with E-state index in [-0.39, 0.29) is 23.1 Å². The number of thiophene rings is 1. The molecule has 1 fully saturated rings. The molecule has 1 aromatic heterocycles. The van der Waals surface area contributed by atoms with E-state index in [0.29, 0.717) is 18.0 Å². The number of nitrogens with one attached hydrogen (secondary N) is 1. The summed E-state index contributed by atoms with van der Waals surface area (Å²) in [5.41, 5.74) is 0.740. The van der Waals surface area contributed by atoms with Gasteiger partial charge in [-0.3, -0.25) is 4.79 Å². The first-order chi connectivity index (χ1) is 13.0. The number of aliphatic hydroxyl groups excluding tert-OH is 1. The smallest absolute Gasteiger partial charge is 0.252 e. The summed E-state index contributed by atoms with van der Waals surface area (Å²) in [5, 5.41) is 12.8. The van der Waals surface area contributed by atoms with Gasteiger partial charge in [-0.15, -0.1) is 11.3 Å². The summed E-state index contributed by atoms with van der Waals surface area (Å²) >= 11 is 1.14. The Hall–Kier alpha value is -1.74. The van der Waals surface area contributed by atoms with E-state index in [2.05, 4.69) is 5.32 Å². The number of nitrogens with zero attached hydrogens (tertiary/aromatic N) is 1. The van der Waals surface area contributed by atoms with Gasteiger partial charge < -0.3 is 10.4 Å². The van der Waals surface area contributed by atoms with Gasteiger partial charge in [-0.2, -0.15) is 4.31 Å². The van der Waals surface area contributed by atoms with Gasteiger partial charge in [0.05, 0.1) is 12.5 Å². The zero-order chi connectivity index (χ0) is 19.3. The van der Waals surface area contributed by atoms with Crippen LogP contribution in [0.15, 0.2) is 46.7 Å². The number of benzene rings is 1. The van der Waals surface area contributed by atoms with Crippen LogP contribution in [-0.2, 0) is 21.2 Å². The number of aliphatic hydroxyl groups is 1. The lowest BCUT2D eigenvalue weighted by Crippen LogP contribution is -2.35. The Balaban J connectivity index is 1.55. The van der Waals surface area contributed by atoms with Crippen molar-refractivity contribution in [2.24, 2.45) is 0 Å². The Kier molecular flexibility index (Phi) is 6.64. The molecule has 0 bridgehead atoms. The first-order valence-corrected chi connectivity index (χ1v) is 11.3. The van der Waals surface area contributed by atoms with Crippen LogP contribution < -0.4 is 5.32 Å². The van der Waals surface area contributed by atoms with Crippen LogP contribution in [0.3, 0.4) is 0 Å². The van der Waals surface area contributed by atoms with Crippen LogP contribution in [0.4, 0.5) is 0 Å². The minimum atomic E-state index is -3.46. The zero-order valence-electron chi connectivity index (χ0n) is 15.0. The maximum Gasteiger partial charge on any atom is 0.252 e. The van der Waals surface area contributed by atoms with Crippen molar-refractivity contribution >= 4 is 27.3 Å². The van der Waals surface area contributed by atoms with Gasteiger partial charge in [-0.25, -0.2) is 8.42 Å². The molecular formula is C19H24N2O4S2. The van der Waals surface area contributed by atoms with Crippen molar-refractivity contribution in [3.63, 3.8) is 0 Å². The third kappa shape index (κ3) is 5.16. The van der Waals surface area contributed by atoms with Crippen LogP contribution in [0.25, 0.3) is 0 Å². The molecule has 27 heavy (non-hydrogen) atoms. The van der Waals surface area contributed by atoms with Gasteiger partial charge >= 0.3 is 0 Å². The summed E-state index contributed by atoms with van der Waals surface area (Å²) in [6.45, 7) is 1.24. The van der Waals surface area contributed by atoms with Crippen molar-refractivity contribution in [2.75, 3.05) is 19.6 Å². The van der Waals surface area contributed by atoms with Crippen LogP contribution in [0.1, 0.15) is 35.8 Å². The van der Waals surface area contributed by atoms with Crippen molar-refractivity contribution in [2.45, 2.75) is 36.0 Å². The van der Waals surface area contributed by atoms with Crippen molar-refractivity contribution in [3.8, 4) is 0 Å². The monoisotopic (exact) mass is 408 g/mol. The Bertz CT molecular complexity index is 859. The molecule has 2 heterocycles. The van der Waals surface area contributed by atoms with Crippen LogP contribution in [0.5, 0.6) is 0 Å². The molecule has 0 aliphatic carbocycles. The number of hydrogen-bond donors (Lipinski definition) is 2. The molecule has 1 aliphatic heterocycles. The molecule has 1 atom stereocenters. The highest BCUT2D eigenvalue weighted by atomic mass is 32.2. The minimum Gasteiger partial charge on any atom is -0.387 e. The lowest BCUT2D eigenvalue weighted by atomic mass is 10.1. The van der Waals surface area contributed by atoms with E-state index in [0.717, 1.165) is 36.2 Å². The zero-order valence-corrected chi connectivity index (χ0v) is 16.6. The molecule has 1 aliphatic rings. The van der Waals surface area contributed by atoms with E-state index in [4.69, 9.17) is 0 Å². The molecule has 0 spiro atoms. The van der Waals surface area contributed by atoms with Gasteiger partial charge in [0, 0.05) is 24.5 Å². The third-order valence-corrected chi connectivity index (χ3v) is 8.01. The van der Waals surface area contributed by atoms with Crippen molar-refractivity contribution in [1.29, 1.82) is 0 Å². The molecule has 3 rings (SSSR count). The van der Waals surface area contributed by atoms with E-state index in [1.54, 1.807) is 24.3 Å². The van der Waals surface area contributed by atoms with Crippen molar-refractivity contribution in [1.82, 2.24) is 9.62 Å². The minimum absolute atomic E-state index is 0.0989. The maximum atomic E-state index is 12.7. The van der Waals surface area contributed by atoms with E-state index in [1.165, 1.54) is 4.31 Å². The van der Waals surface area contributed by atoms with Gasteiger partial charge in [-0.1, -0.05) is 36.8 Å². The fraction of sp³-hybridized carbons (Fsp3) is 0.421. The molecular weight excluding hydrogens is 384 g/mol. The molecule has 2 aromatic rings. The number of hydrogen-bond acceptors (Lipinski definition) is 5. The van der Waals surface area contributed by atoms with Crippen molar-refractivity contribution < 1.29 is 18.3 Å². The van der Waals surface area contributed by atoms with E-state index >= 15 is 0 Å². The molecule has 8 heteroatoms. The van der Waals surface area contributed by atoms with Gasteiger partial charge in [0.2, 0.25) is 5.91 Å². The second kappa shape index (κ2) is 8.97. The Labute approximate surface area is 163 Å². The summed E-state index contributed by atoms with van der Waals surface area (Å²) in [6, 6.07) is 12.4. The van der Waals surface area contributed by atoms with Gasteiger partial charge in [0.1, 0.15) is 4.21 Å². The first kappa shape index (κ1) is 20.0. The predicted octanol–water partition coefficient (Wildman–Crippen LogP) is 2.32. The summed E-state index contributed by atoms with van der Waals surface area (Å²) in [6.07, 6.45) is 2.18.